The maximum atomic E-state index is 12.1. The first-order valence-electron chi connectivity index (χ1n) is 6.33. The van der Waals surface area contributed by atoms with Gasteiger partial charge in [0.15, 0.2) is 5.78 Å². The molecule has 0 spiro atoms. The van der Waals surface area contributed by atoms with Crippen molar-refractivity contribution in [1.29, 1.82) is 0 Å². The molecule has 1 aromatic carbocycles. The smallest absolute Gasteiger partial charge is 0.268 e. The lowest BCUT2D eigenvalue weighted by molar-refractivity contribution is 0.0935. The number of ketones is 1. The SMILES string of the molecule is CC(=O)c1c[nH]c(C(=O)NC(C)c2ccc(Cl)cc2Cl)c1. The van der Waals surface area contributed by atoms with Crippen molar-refractivity contribution < 1.29 is 9.59 Å². The van der Waals surface area contributed by atoms with Gasteiger partial charge >= 0.3 is 0 Å². The van der Waals surface area contributed by atoms with E-state index in [-0.39, 0.29) is 17.7 Å². The minimum atomic E-state index is -0.305. The highest BCUT2D eigenvalue weighted by molar-refractivity contribution is 6.35. The summed E-state index contributed by atoms with van der Waals surface area (Å²) < 4.78 is 0. The van der Waals surface area contributed by atoms with Crippen molar-refractivity contribution in [1.82, 2.24) is 10.3 Å². The Morgan fingerprint density at radius 3 is 2.52 bits per heavy atom. The Morgan fingerprint density at radius 2 is 1.95 bits per heavy atom. The van der Waals surface area contributed by atoms with Gasteiger partial charge in [-0.15, -0.1) is 0 Å². The number of rotatable bonds is 4. The summed E-state index contributed by atoms with van der Waals surface area (Å²) in [6.07, 6.45) is 1.51. The molecule has 0 fully saturated rings. The molecule has 2 N–H and O–H groups in total. The topological polar surface area (TPSA) is 62.0 Å². The van der Waals surface area contributed by atoms with Gasteiger partial charge in [-0.25, -0.2) is 0 Å². The molecular weight excluding hydrogens is 311 g/mol. The zero-order chi connectivity index (χ0) is 15.6. The second-order valence-electron chi connectivity index (χ2n) is 4.72. The highest BCUT2D eigenvalue weighted by Gasteiger charge is 2.16. The Hall–Kier alpha value is -1.78. The van der Waals surface area contributed by atoms with E-state index in [2.05, 4.69) is 10.3 Å². The van der Waals surface area contributed by atoms with Gasteiger partial charge in [-0.05, 0) is 37.6 Å². The summed E-state index contributed by atoms with van der Waals surface area (Å²) in [6.45, 7) is 3.27. The summed E-state index contributed by atoms with van der Waals surface area (Å²) in [7, 11) is 0. The number of carbonyl (C=O) groups excluding carboxylic acids is 2. The third kappa shape index (κ3) is 3.65. The number of Topliss-reactive ketones (excluding diaryl/α,β-unsaturated/α-hetero) is 1. The Kier molecular flexibility index (Phi) is 4.70. The maximum absolute atomic E-state index is 12.1. The van der Waals surface area contributed by atoms with Crippen molar-refractivity contribution in [3.8, 4) is 0 Å². The van der Waals surface area contributed by atoms with E-state index in [0.29, 0.717) is 21.3 Å². The summed E-state index contributed by atoms with van der Waals surface area (Å²) in [5.41, 5.74) is 1.57. The normalized spacial score (nSPS) is 12.0. The fourth-order valence-corrected chi connectivity index (χ4v) is 2.51. The van der Waals surface area contributed by atoms with Crippen LogP contribution in [0, 0.1) is 0 Å². The average Bonchev–Trinajstić information content (AvgIpc) is 2.88. The van der Waals surface area contributed by atoms with Crippen LogP contribution in [-0.2, 0) is 0 Å². The molecule has 1 unspecified atom stereocenters. The van der Waals surface area contributed by atoms with Crippen LogP contribution in [0.25, 0.3) is 0 Å². The molecule has 1 amide bonds. The second kappa shape index (κ2) is 6.33. The van der Waals surface area contributed by atoms with Crippen molar-refractivity contribution in [2.75, 3.05) is 0 Å². The molecule has 1 heterocycles. The molecule has 0 aliphatic carbocycles. The second-order valence-corrected chi connectivity index (χ2v) is 5.56. The molecule has 0 aliphatic heterocycles. The van der Waals surface area contributed by atoms with Crippen LogP contribution in [0.5, 0.6) is 0 Å². The first-order valence-corrected chi connectivity index (χ1v) is 7.09. The van der Waals surface area contributed by atoms with Crippen LogP contribution < -0.4 is 5.32 Å². The number of benzene rings is 1. The fourth-order valence-electron chi connectivity index (χ4n) is 1.93. The monoisotopic (exact) mass is 324 g/mol. The quantitative estimate of drug-likeness (QED) is 0.834. The Bertz CT molecular complexity index is 695. The molecule has 0 saturated heterocycles. The molecule has 2 rings (SSSR count). The molecule has 1 aromatic heterocycles. The first kappa shape index (κ1) is 15.6. The predicted octanol–water partition coefficient (Wildman–Crippen LogP) is 4.02. The molecule has 6 heteroatoms. The van der Waals surface area contributed by atoms with Crippen LogP contribution in [0.3, 0.4) is 0 Å². The molecular formula is C15H14Cl2N2O2. The number of amides is 1. The van der Waals surface area contributed by atoms with Gasteiger partial charge < -0.3 is 10.3 Å². The van der Waals surface area contributed by atoms with Gasteiger partial charge in [-0.2, -0.15) is 0 Å². The van der Waals surface area contributed by atoms with E-state index in [9.17, 15) is 9.59 Å². The van der Waals surface area contributed by atoms with Crippen molar-refractivity contribution in [2.24, 2.45) is 0 Å². The highest BCUT2D eigenvalue weighted by atomic mass is 35.5. The number of hydrogen-bond donors (Lipinski definition) is 2. The average molecular weight is 325 g/mol. The van der Waals surface area contributed by atoms with E-state index in [1.54, 1.807) is 18.2 Å². The molecule has 4 nitrogen and oxygen atoms in total. The fraction of sp³-hybridized carbons (Fsp3) is 0.200. The van der Waals surface area contributed by atoms with Gasteiger partial charge in [0.05, 0.1) is 6.04 Å². The lowest BCUT2D eigenvalue weighted by Gasteiger charge is -2.15. The lowest BCUT2D eigenvalue weighted by atomic mass is 10.1. The van der Waals surface area contributed by atoms with E-state index in [1.165, 1.54) is 19.2 Å². The van der Waals surface area contributed by atoms with Gasteiger partial charge in [0.2, 0.25) is 0 Å². The molecule has 110 valence electrons. The number of aromatic nitrogens is 1. The van der Waals surface area contributed by atoms with Gasteiger partial charge in [0, 0.05) is 21.8 Å². The molecule has 0 saturated carbocycles. The molecule has 2 aromatic rings. The van der Waals surface area contributed by atoms with Crippen LogP contribution in [0.1, 0.15) is 46.3 Å². The van der Waals surface area contributed by atoms with E-state index < -0.39 is 0 Å². The third-order valence-corrected chi connectivity index (χ3v) is 3.67. The molecule has 0 aliphatic rings. The predicted molar refractivity (Wildman–Crippen MR) is 83.1 cm³/mol. The summed E-state index contributed by atoms with van der Waals surface area (Å²) in [6, 6.07) is 6.35. The van der Waals surface area contributed by atoms with Crippen LogP contribution in [0.2, 0.25) is 10.0 Å². The number of hydrogen-bond acceptors (Lipinski definition) is 2. The van der Waals surface area contributed by atoms with Crippen molar-refractivity contribution in [3.05, 3.63) is 57.3 Å². The first-order chi connectivity index (χ1) is 9.88. The molecule has 21 heavy (non-hydrogen) atoms. The highest BCUT2D eigenvalue weighted by Crippen LogP contribution is 2.26. The number of nitrogens with one attached hydrogen (secondary N) is 2. The van der Waals surface area contributed by atoms with Crippen LogP contribution >= 0.6 is 23.2 Å². The zero-order valence-corrected chi connectivity index (χ0v) is 13.0. The maximum Gasteiger partial charge on any atom is 0.268 e. The minimum absolute atomic E-state index is 0.0981. The van der Waals surface area contributed by atoms with E-state index in [4.69, 9.17) is 23.2 Å². The van der Waals surface area contributed by atoms with E-state index in [0.717, 1.165) is 5.56 Å². The standard InChI is InChI=1S/C15H14Cl2N2O2/c1-8(12-4-3-11(16)6-13(12)17)19-15(21)14-5-10(7-18-14)9(2)20/h3-8,18H,1-2H3,(H,19,21). The largest absolute Gasteiger partial charge is 0.356 e. The van der Waals surface area contributed by atoms with Gasteiger partial charge in [0.1, 0.15) is 5.69 Å². The third-order valence-electron chi connectivity index (χ3n) is 3.11. The molecule has 0 bridgehead atoms. The zero-order valence-electron chi connectivity index (χ0n) is 11.5. The number of H-pyrrole nitrogens is 1. The van der Waals surface area contributed by atoms with Gasteiger partial charge in [-0.1, -0.05) is 29.3 Å². The Morgan fingerprint density at radius 1 is 1.24 bits per heavy atom. The van der Waals surface area contributed by atoms with Crippen molar-refractivity contribution >= 4 is 34.9 Å². The van der Waals surface area contributed by atoms with Gasteiger partial charge in [-0.3, -0.25) is 9.59 Å². The van der Waals surface area contributed by atoms with Crippen LogP contribution in [-0.4, -0.2) is 16.7 Å². The summed E-state index contributed by atoms with van der Waals surface area (Å²) in [5.74, 6) is -0.403. The number of carbonyl (C=O) groups is 2. The summed E-state index contributed by atoms with van der Waals surface area (Å²) in [5, 5.41) is 3.85. The molecule has 1 atom stereocenters. The summed E-state index contributed by atoms with van der Waals surface area (Å²) in [4.78, 5) is 26.1. The minimum Gasteiger partial charge on any atom is -0.356 e. The van der Waals surface area contributed by atoms with E-state index >= 15 is 0 Å². The van der Waals surface area contributed by atoms with Crippen LogP contribution in [0.15, 0.2) is 30.5 Å². The van der Waals surface area contributed by atoms with Gasteiger partial charge in [0.25, 0.3) is 5.91 Å². The molecule has 0 radical (unpaired) electrons. The number of halogens is 2. The Balaban J connectivity index is 2.12. The summed E-state index contributed by atoms with van der Waals surface area (Å²) >= 11 is 12.0. The van der Waals surface area contributed by atoms with Crippen LogP contribution in [0.4, 0.5) is 0 Å². The lowest BCUT2D eigenvalue weighted by Crippen LogP contribution is -2.27. The van der Waals surface area contributed by atoms with E-state index in [1.807, 2.05) is 6.92 Å². The Labute approximate surface area is 132 Å². The van der Waals surface area contributed by atoms with Crippen molar-refractivity contribution in [3.63, 3.8) is 0 Å². The van der Waals surface area contributed by atoms with Crippen molar-refractivity contribution in [2.45, 2.75) is 19.9 Å². The number of aromatic amines is 1.